The first-order chi connectivity index (χ1) is 15.5. The lowest BCUT2D eigenvalue weighted by atomic mass is 10.2. The zero-order valence-corrected chi connectivity index (χ0v) is 17.5. The molecule has 2 aromatic heterocycles. The van der Waals surface area contributed by atoms with Gasteiger partial charge in [-0.15, -0.1) is 0 Å². The number of ether oxygens (including phenoxy) is 1. The van der Waals surface area contributed by atoms with Crippen LogP contribution in [0.15, 0.2) is 96.3 Å². The highest BCUT2D eigenvalue weighted by atomic mass is 32.2. The van der Waals surface area contributed by atoms with Gasteiger partial charge >= 0.3 is 0 Å². The fourth-order valence-electron chi connectivity index (χ4n) is 3.52. The maximum absolute atomic E-state index is 13.0. The van der Waals surface area contributed by atoms with Crippen LogP contribution in [-0.4, -0.2) is 24.3 Å². The molecule has 3 aromatic carbocycles. The molecule has 0 aliphatic heterocycles. The van der Waals surface area contributed by atoms with Crippen LogP contribution in [0.25, 0.3) is 21.7 Å². The molecule has 0 saturated heterocycles. The molecule has 0 aliphatic carbocycles. The van der Waals surface area contributed by atoms with E-state index in [9.17, 15) is 13.2 Å². The van der Waals surface area contributed by atoms with Crippen molar-refractivity contribution in [1.29, 1.82) is 0 Å². The molecule has 0 fully saturated rings. The minimum atomic E-state index is -4.13. The van der Waals surface area contributed by atoms with Gasteiger partial charge in [0.25, 0.3) is 15.9 Å². The Morgan fingerprint density at radius 2 is 1.81 bits per heavy atom. The van der Waals surface area contributed by atoms with Crippen molar-refractivity contribution >= 4 is 37.6 Å². The Labute approximate surface area is 183 Å². The fraction of sp³-hybridized carbons (Fsp3) is 0. The van der Waals surface area contributed by atoms with Crippen LogP contribution < -0.4 is 9.46 Å². The van der Waals surface area contributed by atoms with Crippen LogP contribution in [0.5, 0.6) is 11.5 Å². The van der Waals surface area contributed by atoms with E-state index in [0.29, 0.717) is 16.5 Å². The summed E-state index contributed by atoms with van der Waals surface area (Å²) in [5.74, 6) is -0.00616. The number of fused-ring (bicyclic) bond motifs is 2. The number of hydrogen-bond donors (Lipinski definition) is 2. The van der Waals surface area contributed by atoms with Crippen molar-refractivity contribution < 1.29 is 17.9 Å². The highest BCUT2D eigenvalue weighted by molar-refractivity contribution is 7.90. The first-order valence-corrected chi connectivity index (χ1v) is 11.2. The predicted molar refractivity (Wildman–Crippen MR) is 121 cm³/mol. The SMILES string of the molecule is O=C(NS(=O)(=O)c1cccc2cnccc12)c1ccccc1Oc1ccc2[nH]ccc2c1. The van der Waals surface area contributed by atoms with Crippen LogP contribution in [0.1, 0.15) is 10.4 Å². The topological polar surface area (TPSA) is 101 Å². The molecule has 32 heavy (non-hydrogen) atoms. The summed E-state index contributed by atoms with van der Waals surface area (Å²) >= 11 is 0. The molecule has 0 radical (unpaired) electrons. The third-order valence-electron chi connectivity index (χ3n) is 5.04. The van der Waals surface area contributed by atoms with Crippen molar-refractivity contribution in [3.63, 3.8) is 0 Å². The van der Waals surface area contributed by atoms with Crippen LogP contribution >= 0.6 is 0 Å². The number of nitrogens with zero attached hydrogens (tertiary/aromatic N) is 1. The number of amides is 1. The minimum Gasteiger partial charge on any atom is -0.457 e. The monoisotopic (exact) mass is 443 g/mol. The maximum atomic E-state index is 13.0. The number of aromatic nitrogens is 2. The zero-order chi connectivity index (χ0) is 22.1. The summed E-state index contributed by atoms with van der Waals surface area (Å²) in [5.41, 5.74) is 1.06. The van der Waals surface area contributed by atoms with E-state index in [1.807, 2.05) is 24.4 Å². The second kappa shape index (κ2) is 7.82. The van der Waals surface area contributed by atoms with E-state index < -0.39 is 15.9 Å². The highest BCUT2D eigenvalue weighted by Gasteiger charge is 2.23. The molecular formula is C24H17N3O4S. The molecule has 0 bridgehead atoms. The summed E-state index contributed by atoms with van der Waals surface area (Å²) < 4.78 is 34.1. The molecule has 0 unspecified atom stereocenters. The van der Waals surface area contributed by atoms with E-state index in [1.54, 1.807) is 48.7 Å². The van der Waals surface area contributed by atoms with Crippen molar-refractivity contribution in [2.45, 2.75) is 4.90 Å². The first kappa shape index (κ1) is 19.8. The van der Waals surface area contributed by atoms with Gasteiger partial charge in [0.2, 0.25) is 0 Å². The van der Waals surface area contributed by atoms with Crippen LogP contribution in [0.2, 0.25) is 0 Å². The average Bonchev–Trinajstić information content (AvgIpc) is 3.26. The number of benzene rings is 3. The molecule has 5 rings (SSSR count). The summed E-state index contributed by atoms with van der Waals surface area (Å²) in [6.45, 7) is 0. The van der Waals surface area contributed by atoms with Gasteiger partial charge in [0.15, 0.2) is 0 Å². The van der Waals surface area contributed by atoms with Gasteiger partial charge in [-0.25, -0.2) is 13.1 Å². The lowest BCUT2D eigenvalue weighted by Gasteiger charge is -2.13. The van der Waals surface area contributed by atoms with E-state index in [0.717, 1.165) is 10.9 Å². The number of H-pyrrole nitrogens is 1. The van der Waals surface area contributed by atoms with Crippen LogP contribution in [0, 0.1) is 0 Å². The van der Waals surface area contributed by atoms with Gasteiger partial charge in [0, 0.05) is 40.3 Å². The van der Waals surface area contributed by atoms with Crippen molar-refractivity contribution in [2.24, 2.45) is 0 Å². The van der Waals surface area contributed by atoms with Gasteiger partial charge < -0.3 is 9.72 Å². The van der Waals surface area contributed by atoms with E-state index in [4.69, 9.17) is 4.74 Å². The molecule has 0 atom stereocenters. The molecule has 2 heterocycles. The molecule has 0 spiro atoms. The number of carbonyl (C=O) groups excluding carboxylic acids is 1. The van der Waals surface area contributed by atoms with E-state index in [1.165, 1.54) is 18.3 Å². The number of rotatable bonds is 5. The van der Waals surface area contributed by atoms with Gasteiger partial charge in [0.05, 0.1) is 10.5 Å². The standard InChI is InChI=1S/C24H17N3O4S/c28-24(27-32(29,30)23-7-3-4-17-15-25-12-11-19(17)23)20-5-1-2-6-22(20)31-18-8-9-21-16(14-18)10-13-26-21/h1-15,26H,(H,27,28). The number of nitrogens with one attached hydrogen (secondary N) is 2. The average molecular weight is 443 g/mol. The van der Waals surface area contributed by atoms with Crippen LogP contribution in [-0.2, 0) is 10.0 Å². The highest BCUT2D eigenvalue weighted by Crippen LogP contribution is 2.28. The number of pyridine rings is 1. The summed E-state index contributed by atoms with van der Waals surface area (Å²) in [4.78, 5) is 20.1. The van der Waals surface area contributed by atoms with E-state index in [-0.39, 0.29) is 16.2 Å². The lowest BCUT2D eigenvalue weighted by molar-refractivity contribution is 0.0979. The second-order valence-corrected chi connectivity index (χ2v) is 8.76. The number of hydrogen-bond acceptors (Lipinski definition) is 5. The lowest BCUT2D eigenvalue weighted by Crippen LogP contribution is -2.31. The van der Waals surface area contributed by atoms with Crippen molar-refractivity contribution in [3.05, 3.63) is 97.0 Å². The molecule has 158 valence electrons. The molecule has 7 nitrogen and oxygen atoms in total. The van der Waals surface area contributed by atoms with Gasteiger partial charge in [-0.3, -0.25) is 9.78 Å². The van der Waals surface area contributed by atoms with Crippen molar-refractivity contribution in [1.82, 2.24) is 14.7 Å². The normalized spacial score (nSPS) is 11.5. The Morgan fingerprint density at radius 3 is 2.72 bits per heavy atom. The first-order valence-electron chi connectivity index (χ1n) is 9.75. The Bertz CT molecular complexity index is 1570. The number of para-hydroxylation sites is 1. The number of carbonyl (C=O) groups is 1. The fourth-order valence-corrected chi connectivity index (χ4v) is 4.72. The molecule has 2 N–H and O–H groups in total. The Kier molecular flexibility index (Phi) is 4.84. The Morgan fingerprint density at radius 1 is 0.938 bits per heavy atom. The van der Waals surface area contributed by atoms with Gasteiger partial charge in [-0.2, -0.15) is 0 Å². The predicted octanol–water partition coefficient (Wildman–Crippen LogP) is 4.63. The molecule has 5 aromatic rings. The Hall–Kier alpha value is -4.17. The number of sulfonamides is 1. The third-order valence-corrected chi connectivity index (χ3v) is 6.43. The molecule has 0 aliphatic rings. The summed E-state index contributed by atoms with van der Waals surface area (Å²) in [7, 11) is -4.13. The Balaban J connectivity index is 1.46. The van der Waals surface area contributed by atoms with Gasteiger partial charge in [-0.05, 0) is 48.5 Å². The quantitative estimate of drug-likeness (QED) is 0.413. The maximum Gasteiger partial charge on any atom is 0.268 e. The molecule has 1 amide bonds. The van der Waals surface area contributed by atoms with Gasteiger partial charge in [0.1, 0.15) is 11.5 Å². The molecule has 8 heteroatoms. The minimum absolute atomic E-state index is 0.00191. The second-order valence-electron chi connectivity index (χ2n) is 7.11. The van der Waals surface area contributed by atoms with E-state index >= 15 is 0 Å². The van der Waals surface area contributed by atoms with Crippen molar-refractivity contribution in [2.75, 3.05) is 0 Å². The summed E-state index contributed by atoms with van der Waals surface area (Å²) in [5, 5.41) is 2.09. The zero-order valence-electron chi connectivity index (χ0n) is 16.6. The van der Waals surface area contributed by atoms with Crippen LogP contribution in [0.3, 0.4) is 0 Å². The largest absolute Gasteiger partial charge is 0.457 e. The smallest absolute Gasteiger partial charge is 0.268 e. The third kappa shape index (κ3) is 3.67. The summed E-state index contributed by atoms with van der Waals surface area (Å²) in [6, 6.07) is 20.3. The number of aromatic amines is 1. The van der Waals surface area contributed by atoms with Crippen LogP contribution in [0.4, 0.5) is 0 Å². The molecule has 0 saturated carbocycles. The molecular weight excluding hydrogens is 426 g/mol. The van der Waals surface area contributed by atoms with Crippen molar-refractivity contribution in [3.8, 4) is 11.5 Å². The summed E-state index contributed by atoms with van der Waals surface area (Å²) in [6.07, 6.45) is 4.90. The van der Waals surface area contributed by atoms with Gasteiger partial charge in [-0.1, -0.05) is 24.3 Å². The van der Waals surface area contributed by atoms with E-state index in [2.05, 4.69) is 14.7 Å².